The third-order valence-corrected chi connectivity index (χ3v) is 2.25. The van der Waals surface area contributed by atoms with E-state index in [4.69, 9.17) is 10.2 Å². The van der Waals surface area contributed by atoms with Gasteiger partial charge in [0.05, 0.1) is 37.0 Å². The lowest BCUT2D eigenvalue weighted by Crippen LogP contribution is -2.42. The fourth-order valence-corrected chi connectivity index (χ4v) is 1.48. The summed E-state index contributed by atoms with van der Waals surface area (Å²) in [4.78, 5) is 0. The van der Waals surface area contributed by atoms with Crippen LogP contribution in [0.3, 0.4) is 0 Å². The van der Waals surface area contributed by atoms with Crippen molar-refractivity contribution in [3.8, 4) is 0 Å². The molecule has 0 aromatic heterocycles. The van der Waals surface area contributed by atoms with Gasteiger partial charge in [0.2, 0.25) is 0 Å². The Balaban J connectivity index is 2.60. The van der Waals surface area contributed by atoms with E-state index in [1.54, 1.807) is 0 Å². The van der Waals surface area contributed by atoms with Crippen molar-refractivity contribution >= 4 is 0 Å². The second-order valence-corrected chi connectivity index (χ2v) is 3.20. The molecule has 5 heteroatoms. The number of aliphatic hydroxyl groups excluding tert-OH is 4. The molecule has 0 aromatic rings. The number of hydrogen-bond acceptors (Lipinski definition) is 5. The molecule has 1 unspecified atom stereocenters. The summed E-state index contributed by atoms with van der Waals surface area (Å²) < 4.78 is 0. The van der Waals surface area contributed by atoms with Gasteiger partial charge in [0.25, 0.3) is 0 Å². The van der Waals surface area contributed by atoms with Crippen LogP contribution in [0.2, 0.25) is 0 Å². The van der Waals surface area contributed by atoms with Crippen molar-refractivity contribution in [2.24, 2.45) is 0 Å². The molecular weight excluding hydrogens is 162 g/mol. The second kappa shape index (κ2) is 3.68. The lowest BCUT2D eigenvalue weighted by Gasteiger charge is -2.18. The molecule has 0 bridgehead atoms. The van der Waals surface area contributed by atoms with Gasteiger partial charge in [0, 0.05) is 0 Å². The first-order valence-corrected chi connectivity index (χ1v) is 3.99. The number of hydrogen-bond donors (Lipinski definition) is 5. The van der Waals surface area contributed by atoms with E-state index in [0.717, 1.165) is 0 Å². The molecule has 0 amide bonds. The van der Waals surface area contributed by atoms with Crippen LogP contribution < -0.4 is 5.32 Å². The molecule has 0 spiro atoms. The molecule has 12 heavy (non-hydrogen) atoms. The van der Waals surface area contributed by atoms with Crippen molar-refractivity contribution in [2.45, 2.75) is 37.3 Å². The quantitative estimate of drug-likeness (QED) is 0.319. The van der Waals surface area contributed by atoms with Gasteiger partial charge < -0.3 is 25.7 Å². The molecule has 1 heterocycles. The monoisotopic (exact) mass is 177 g/mol. The van der Waals surface area contributed by atoms with Gasteiger partial charge in [-0.3, -0.25) is 0 Å². The highest BCUT2D eigenvalue weighted by molar-refractivity contribution is 4.99. The molecule has 1 fully saturated rings. The van der Waals surface area contributed by atoms with Gasteiger partial charge in [0.15, 0.2) is 0 Å². The van der Waals surface area contributed by atoms with Crippen LogP contribution in [0.5, 0.6) is 0 Å². The van der Waals surface area contributed by atoms with Crippen molar-refractivity contribution in [3.63, 3.8) is 0 Å². The maximum atomic E-state index is 9.35. The summed E-state index contributed by atoms with van der Waals surface area (Å²) in [5, 5.41) is 39.3. The Morgan fingerprint density at radius 3 is 2.17 bits per heavy atom. The molecule has 1 saturated heterocycles. The summed E-state index contributed by atoms with van der Waals surface area (Å²) in [5.74, 6) is 0. The van der Waals surface area contributed by atoms with Gasteiger partial charge >= 0.3 is 0 Å². The number of rotatable bonds is 2. The Kier molecular flexibility index (Phi) is 3.03. The van der Waals surface area contributed by atoms with Crippen LogP contribution >= 0.6 is 0 Å². The molecule has 72 valence electrons. The minimum Gasteiger partial charge on any atom is -0.395 e. The molecular formula is C7H15NO4. The molecule has 0 saturated carbocycles. The third kappa shape index (κ3) is 1.60. The van der Waals surface area contributed by atoms with E-state index in [-0.39, 0.29) is 6.61 Å². The summed E-state index contributed by atoms with van der Waals surface area (Å²) in [6.45, 7) is 1.27. The van der Waals surface area contributed by atoms with E-state index in [0.29, 0.717) is 0 Å². The Morgan fingerprint density at radius 2 is 1.92 bits per heavy atom. The van der Waals surface area contributed by atoms with Gasteiger partial charge in [-0.2, -0.15) is 0 Å². The van der Waals surface area contributed by atoms with Gasteiger partial charge in [-0.25, -0.2) is 0 Å². The van der Waals surface area contributed by atoms with E-state index in [1.165, 1.54) is 6.92 Å². The zero-order valence-corrected chi connectivity index (χ0v) is 6.88. The first kappa shape index (κ1) is 9.88. The first-order valence-electron chi connectivity index (χ1n) is 3.99. The molecule has 0 aromatic carbocycles. The maximum absolute atomic E-state index is 9.35. The second-order valence-electron chi connectivity index (χ2n) is 3.20. The van der Waals surface area contributed by atoms with Crippen LogP contribution in [-0.4, -0.2) is 57.4 Å². The van der Waals surface area contributed by atoms with E-state index in [1.807, 2.05) is 0 Å². The molecule has 5 N–H and O–H groups in total. The largest absolute Gasteiger partial charge is 0.395 e. The summed E-state index contributed by atoms with van der Waals surface area (Å²) >= 11 is 0. The zero-order chi connectivity index (χ0) is 9.30. The molecule has 1 aliphatic rings. The van der Waals surface area contributed by atoms with Gasteiger partial charge in [-0.1, -0.05) is 0 Å². The first-order chi connectivity index (χ1) is 5.57. The zero-order valence-electron chi connectivity index (χ0n) is 6.88. The molecule has 0 aliphatic carbocycles. The normalized spacial score (nSPS) is 44.8. The number of nitrogens with one attached hydrogen (secondary N) is 1. The maximum Gasteiger partial charge on any atom is 0.0993 e. The SMILES string of the molecule is CC(O)[C@@H]1N[C@H](CO)[C@@H](O)[C@@H]1O. The van der Waals surface area contributed by atoms with Crippen molar-refractivity contribution in [3.05, 3.63) is 0 Å². The molecule has 5 atom stereocenters. The van der Waals surface area contributed by atoms with Crippen molar-refractivity contribution < 1.29 is 20.4 Å². The molecule has 0 radical (unpaired) electrons. The van der Waals surface area contributed by atoms with Crippen LogP contribution in [0.15, 0.2) is 0 Å². The predicted octanol–water partition coefficient (Wildman–Crippen LogP) is -2.58. The summed E-state index contributed by atoms with van der Waals surface area (Å²) in [6, 6.07) is -1.10. The predicted molar refractivity (Wildman–Crippen MR) is 41.5 cm³/mol. The number of aliphatic hydroxyl groups is 4. The fraction of sp³-hybridized carbons (Fsp3) is 1.00. The van der Waals surface area contributed by atoms with Crippen LogP contribution in [0.4, 0.5) is 0 Å². The van der Waals surface area contributed by atoms with Crippen molar-refractivity contribution in [1.29, 1.82) is 0 Å². The summed E-state index contributed by atoms with van der Waals surface area (Å²) in [7, 11) is 0. The van der Waals surface area contributed by atoms with E-state index >= 15 is 0 Å². The molecule has 1 rings (SSSR count). The molecule has 5 nitrogen and oxygen atoms in total. The third-order valence-electron chi connectivity index (χ3n) is 2.25. The molecule has 1 aliphatic heterocycles. The van der Waals surface area contributed by atoms with Crippen LogP contribution in [0.25, 0.3) is 0 Å². The minimum absolute atomic E-state index is 0.249. The minimum atomic E-state index is -1.01. The topological polar surface area (TPSA) is 93.0 Å². The van der Waals surface area contributed by atoms with Crippen LogP contribution in [0.1, 0.15) is 6.92 Å². The summed E-state index contributed by atoms with van der Waals surface area (Å²) in [5.41, 5.74) is 0. The smallest absolute Gasteiger partial charge is 0.0993 e. The van der Waals surface area contributed by atoms with Crippen molar-refractivity contribution in [2.75, 3.05) is 6.61 Å². The fourth-order valence-electron chi connectivity index (χ4n) is 1.48. The highest BCUT2D eigenvalue weighted by atomic mass is 16.3. The standard InChI is InChI=1S/C7H15NO4/c1-3(10)5-7(12)6(11)4(2-9)8-5/h3-12H,2H2,1H3/t3?,4-,5+,6-,7-/m1/s1. The Bertz CT molecular complexity index is 152. The van der Waals surface area contributed by atoms with Crippen molar-refractivity contribution in [1.82, 2.24) is 5.32 Å². The highest BCUT2D eigenvalue weighted by Crippen LogP contribution is 2.16. The van der Waals surface area contributed by atoms with Crippen LogP contribution in [-0.2, 0) is 0 Å². The Morgan fingerprint density at radius 1 is 1.33 bits per heavy atom. The van der Waals surface area contributed by atoms with E-state index in [2.05, 4.69) is 5.32 Å². The van der Waals surface area contributed by atoms with E-state index in [9.17, 15) is 10.2 Å². The summed E-state index contributed by atoms with van der Waals surface area (Å²) in [6.07, 6.45) is -2.76. The van der Waals surface area contributed by atoms with Gasteiger partial charge in [0.1, 0.15) is 0 Å². The van der Waals surface area contributed by atoms with E-state index < -0.39 is 30.4 Å². The van der Waals surface area contributed by atoms with Crippen LogP contribution in [0, 0.1) is 0 Å². The lowest BCUT2D eigenvalue weighted by molar-refractivity contribution is 0.000848. The Labute approximate surface area is 70.6 Å². The average Bonchev–Trinajstić information content (AvgIpc) is 2.30. The lowest BCUT2D eigenvalue weighted by atomic mass is 10.1. The highest BCUT2D eigenvalue weighted by Gasteiger charge is 2.42. The average molecular weight is 177 g/mol. The Hall–Kier alpha value is -0.200. The van der Waals surface area contributed by atoms with Gasteiger partial charge in [-0.05, 0) is 6.92 Å². The van der Waals surface area contributed by atoms with Gasteiger partial charge in [-0.15, -0.1) is 0 Å².